The summed E-state index contributed by atoms with van der Waals surface area (Å²) in [4.78, 5) is 10.9. The van der Waals surface area contributed by atoms with Crippen LogP contribution in [0.2, 0.25) is 0 Å². The Hall–Kier alpha value is -1.41. The molecule has 1 aliphatic rings. The summed E-state index contributed by atoms with van der Waals surface area (Å²) in [6.07, 6.45) is -4.26. The maximum absolute atomic E-state index is 12.2. The van der Waals surface area contributed by atoms with Crippen LogP contribution in [0.15, 0.2) is 24.3 Å². The highest BCUT2D eigenvalue weighted by atomic mass is 32.2. The van der Waals surface area contributed by atoms with E-state index in [9.17, 15) is 18.0 Å². The van der Waals surface area contributed by atoms with Gasteiger partial charge in [0.25, 0.3) is 0 Å². The number of aliphatic carboxylic acids is 1. The Bertz CT molecular complexity index is 495. The van der Waals surface area contributed by atoms with Crippen molar-refractivity contribution >= 4 is 17.7 Å². The molecule has 0 amide bonds. The molecular formula is C12H12F3NO3S. The highest BCUT2D eigenvalue weighted by molar-refractivity contribution is 7.99. The van der Waals surface area contributed by atoms with Crippen molar-refractivity contribution in [3.63, 3.8) is 0 Å². The first-order chi connectivity index (χ1) is 9.35. The summed E-state index contributed by atoms with van der Waals surface area (Å²) in [6, 6.07) is 4.87. The molecule has 1 aromatic carbocycles. The number of hydrogen-bond donors (Lipinski definition) is 2. The highest BCUT2D eigenvalue weighted by Gasteiger charge is 2.32. The number of carboxylic acids is 1. The molecule has 110 valence electrons. The first kappa shape index (κ1) is 15.0. The quantitative estimate of drug-likeness (QED) is 0.899. The Morgan fingerprint density at radius 1 is 1.45 bits per heavy atom. The van der Waals surface area contributed by atoms with E-state index in [4.69, 9.17) is 5.11 Å². The lowest BCUT2D eigenvalue weighted by molar-refractivity contribution is -0.274. The minimum atomic E-state index is -4.74. The Labute approximate surface area is 117 Å². The van der Waals surface area contributed by atoms with Crippen molar-refractivity contribution in [1.82, 2.24) is 5.32 Å². The molecule has 1 heterocycles. The maximum atomic E-state index is 12.2. The third-order valence-corrected chi connectivity index (χ3v) is 3.95. The van der Waals surface area contributed by atoms with E-state index in [1.54, 1.807) is 6.07 Å². The van der Waals surface area contributed by atoms with Crippen LogP contribution in [-0.2, 0) is 4.79 Å². The van der Waals surface area contributed by atoms with Gasteiger partial charge in [-0.3, -0.25) is 10.1 Å². The minimum Gasteiger partial charge on any atom is -0.480 e. The molecule has 1 aliphatic heterocycles. The van der Waals surface area contributed by atoms with E-state index in [1.165, 1.54) is 30.0 Å². The normalized spacial score (nSPS) is 23.4. The number of alkyl halides is 3. The van der Waals surface area contributed by atoms with Crippen LogP contribution in [0.25, 0.3) is 0 Å². The van der Waals surface area contributed by atoms with Crippen molar-refractivity contribution in [1.29, 1.82) is 0 Å². The highest BCUT2D eigenvalue weighted by Crippen LogP contribution is 2.34. The predicted molar refractivity (Wildman–Crippen MR) is 67.5 cm³/mol. The van der Waals surface area contributed by atoms with Gasteiger partial charge >= 0.3 is 12.3 Å². The molecule has 1 fully saturated rings. The second kappa shape index (κ2) is 5.92. The van der Waals surface area contributed by atoms with Crippen LogP contribution >= 0.6 is 11.8 Å². The number of nitrogens with one attached hydrogen (secondary N) is 1. The first-order valence-electron chi connectivity index (χ1n) is 5.81. The van der Waals surface area contributed by atoms with E-state index in [-0.39, 0.29) is 11.1 Å². The number of carbonyl (C=O) groups is 1. The third-order valence-electron chi connectivity index (χ3n) is 2.74. The van der Waals surface area contributed by atoms with E-state index in [2.05, 4.69) is 10.1 Å². The van der Waals surface area contributed by atoms with Crippen LogP contribution in [0.5, 0.6) is 5.75 Å². The van der Waals surface area contributed by atoms with Crippen LogP contribution < -0.4 is 10.1 Å². The molecule has 1 aromatic rings. The Morgan fingerprint density at radius 3 is 2.85 bits per heavy atom. The van der Waals surface area contributed by atoms with Crippen LogP contribution in [0.4, 0.5) is 13.2 Å². The van der Waals surface area contributed by atoms with Gasteiger partial charge in [-0.15, -0.1) is 24.9 Å². The van der Waals surface area contributed by atoms with Gasteiger partial charge in [0.05, 0.1) is 5.37 Å². The van der Waals surface area contributed by atoms with Crippen molar-refractivity contribution in [2.45, 2.75) is 24.2 Å². The number of carboxylic acid groups (broad SMARTS) is 1. The lowest BCUT2D eigenvalue weighted by Crippen LogP contribution is -2.41. The molecule has 2 unspecified atom stereocenters. The van der Waals surface area contributed by atoms with Crippen molar-refractivity contribution in [3.05, 3.63) is 29.8 Å². The minimum absolute atomic E-state index is 0.310. The zero-order valence-electron chi connectivity index (χ0n) is 10.2. The Balaban J connectivity index is 2.12. The van der Waals surface area contributed by atoms with Crippen molar-refractivity contribution in [3.8, 4) is 5.75 Å². The topological polar surface area (TPSA) is 58.6 Å². The van der Waals surface area contributed by atoms with E-state index in [0.717, 1.165) is 0 Å². The number of benzene rings is 1. The fourth-order valence-electron chi connectivity index (χ4n) is 1.88. The molecule has 0 radical (unpaired) electrons. The van der Waals surface area contributed by atoms with Gasteiger partial charge in [0.1, 0.15) is 11.8 Å². The molecule has 20 heavy (non-hydrogen) atoms. The molecule has 4 nitrogen and oxygen atoms in total. The summed E-state index contributed by atoms with van der Waals surface area (Å²) >= 11 is 1.45. The second-order valence-corrected chi connectivity index (χ2v) is 5.43. The zero-order chi connectivity index (χ0) is 14.8. The number of rotatable bonds is 3. The predicted octanol–water partition coefficient (Wildman–Crippen LogP) is 2.76. The molecular weight excluding hydrogens is 295 g/mol. The van der Waals surface area contributed by atoms with Gasteiger partial charge in [-0.2, -0.15) is 0 Å². The number of thioether (sulfide) groups is 1. The monoisotopic (exact) mass is 307 g/mol. The molecule has 0 aliphatic carbocycles. The molecule has 0 aromatic heterocycles. The fraction of sp³-hybridized carbons (Fsp3) is 0.417. The molecule has 1 saturated heterocycles. The second-order valence-electron chi connectivity index (χ2n) is 4.22. The summed E-state index contributed by atoms with van der Waals surface area (Å²) in [6.45, 7) is 0. The van der Waals surface area contributed by atoms with Crippen LogP contribution in [0, 0.1) is 0 Å². The Kier molecular flexibility index (Phi) is 4.44. The van der Waals surface area contributed by atoms with Crippen LogP contribution in [-0.4, -0.2) is 29.2 Å². The molecule has 2 rings (SSSR count). The average molecular weight is 307 g/mol. The summed E-state index contributed by atoms with van der Waals surface area (Å²) in [5.41, 5.74) is 0.558. The SMILES string of the molecule is O=C(O)C1CCSC(c2cccc(OC(F)(F)F)c2)N1. The zero-order valence-corrected chi connectivity index (χ0v) is 11.0. The summed E-state index contributed by atoms with van der Waals surface area (Å²) < 4.78 is 40.3. The Morgan fingerprint density at radius 2 is 2.20 bits per heavy atom. The van der Waals surface area contributed by atoms with Gasteiger partial charge in [-0.05, 0) is 29.9 Å². The van der Waals surface area contributed by atoms with Crippen LogP contribution in [0.3, 0.4) is 0 Å². The molecule has 0 spiro atoms. The average Bonchev–Trinajstić information content (AvgIpc) is 2.37. The fourth-order valence-corrected chi connectivity index (χ4v) is 3.09. The van der Waals surface area contributed by atoms with Gasteiger partial charge in [0.2, 0.25) is 0 Å². The van der Waals surface area contributed by atoms with E-state index in [1.807, 2.05) is 0 Å². The van der Waals surface area contributed by atoms with Gasteiger partial charge in [-0.25, -0.2) is 0 Å². The lowest BCUT2D eigenvalue weighted by Gasteiger charge is -2.28. The van der Waals surface area contributed by atoms with Crippen molar-refractivity contribution in [2.24, 2.45) is 0 Å². The van der Waals surface area contributed by atoms with Gasteiger partial charge in [0.15, 0.2) is 0 Å². The molecule has 8 heteroatoms. The molecule has 0 bridgehead atoms. The van der Waals surface area contributed by atoms with Crippen molar-refractivity contribution < 1.29 is 27.8 Å². The molecule has 2 atom stereocenters. The first-order valence-corrected chi connectivity index (χ1v) is 6.86. The van der Waals surface area contributed by atoms with Gasteiger partial charge in [0, 0.05) is 0 Å². The third kappa shape index (κ3) is 4.04. The van der Waals surface area contributed by atoms with E-state index in [0.29, 0.717) is 17.7 Å². The summed E-state index contributed by atoms with van der Waals surface area (Å²) in [5, 5.41) is 11.5. The van der Waals surface area contributed by atoms with E-state index < -0.39 is 18.4 Å². The largest absolute Gasteiger partial charge is 0.573 e. The maximum Gasteiger partial charge on any atom is 0.573 e. The summed E-state index contributed by atoms with van der Waals surface area (Å²) in [5.74, 6) is -0.647. The number of ether oxygens (including phenoxy) is 1. The van der Waals surface area contributed by atoms with Gasteiger partial charge in [-0.1, -0.05) is 12.1 Å². The standard InChI is InChI=1S/C12H12F3NO3S/c13-12(14,15)19-8-3-1-2-7(6-8)10-16-9(11(17)18)4-5-20-10/h1-3,6,9-10,16H,4-5H2,(H,17,18). The van der Waals surface area contributed by atoms with Crippen LogP contribution in [0.1, 0.15) is 17.4 Å². The molecule has 0 saturated carbocycles. The van der Waals surface area contributed by atoms with Crippen molar-refractivity contribution in [2.75, 3.05) is 5.75 Å². The van der Waals surface area contributed by atoms with E-state index >= 15 is 0 Å². The summed E-state index contributed by atoms with van der Waals surface area (Å²) in [7, 11) is 0. The smallest absolute Gasteiger partial charge is 0.480 e. The molecule has 2 N–H and O–H groups in total. The van der Waals surface area contributed by atoms with Gasteiger partial charge < -0.3 is 9.84 Å². The number of hydrogen-bond acceptors (Lipinski definition) is 4. The lowest BCUT2D eigenvalue weighted by atomic mass is 10.1. The number of halogens is 3.